The summed E-state index contributed by atoms with van der Waals surface area (Å²) in [5, 5.41) is 2.87. The van der Waals surface area contributed by atoms with Crippen LogP contribution in [0.5, 0.6) is 11.5 Å². The number of hydrogen-bond acceptors (Lipinski definition) is 3. The Morgan fingerprint density at radius 1 is 1.19 bits per heavy atom. The third-order valence-electron chi connectivity index (χ3n) is 3.93. The third-order valence-corrected chi connectivity index (χ3v) is 3.93. The van der Waals surface area contributed by atoms with Gasteiger partial charge in [0.05, 0.1) is 0 Å². The first-order chi connectivity index (χ1) is 12.4. The van der Waals surface area contributed by atoms with Crippen LogP contribution in [0.25, 0.3) is 0 Å². The van der Waals surface area contributed by atoms with Gasteiger partial charge in [-0.1, -0.05) is 44.7 Å². The van der Waals surface area contributed by atoms with Crippen molar-refractivity contribution in [3.8, 4) is 11.5 Å². The average molecular weight is 353 g/mol. The minimum absolute atomic E-state index is 0.206. The Morgan fingerprint density at radius 3 is 2.65 bits per heavy atom. The fourth-order valence-electron chi connectivity index (χ4n) is 2.53. The van der Waals surface area contributed by atoms with Crippen LogP contribution in [0.15, 0.2) is 55.1 Å². The maximum atomic E-state index is 12.5. The van der Waals surface area contributed by atoms with E-state index in [-0.39, 0.29) is 5.91 Å². The topological polar surface area (TPSA) is 47.6 Å². The van der Waals surface area contributed by atoms with Crippen molar-refractivity contribution in [3.63, 3.8) is 0 Å². The SMILES string of the molecule is C=CCOc1cccc(NC(=O)[C@@H](C)Oc2cc(C)ccc2C(C)C)c1. The molecular weight excluding hydrogens is 326 g/mol. The van der Waals surface area contributed by atoms with Crippen LogP contribution in [0.3, 0.4) is 0 Å². The molecule has 1 N–H and O–H groups in total. The van der Waals surface area contributed by atoms with Gasteiger partial charge in [0.15, 0.2) is 6.10 Å². The van der Waals surface area contributed by atoms with Gasteiger partial charge in [0, 0.05) is 11.8 Å². The van der Waals surface area contributed by atoms with Crippen molar-refractivity contribution in [1.82, 2.24) is 0 Å². The van der Waals surface area contributed by atoms with Crippen LogP contribution >= 0.6 is 0 Å². The van der Waals surface area contributed by atoms with Crippen LogP contribution < -0.4 is 14.8 Å². The van der Waals surface area contributed by atoms with E-state index in [1.807, 2.05) is 31.2 Å². The van der Waals surface area contributed by atoms with Crippen molar-refractivity contribution in [2.75, 3.05) is 11.9 Å². The van der Waals surface area contributed by atoms with Gasteiger partial charge in [0.2, 0.25) is 0 Å². The van der Waals surface area contributed by atoms with E-state index in [9.17, 15) is 4.79 Å². The predicted molar refractivity (Wildman–Crippen MR) is 106 cm³/mol. The lowest BCUT2D eigenvalue weighted by atomic mass is 10.0. The standard InChI is InChI=1S/C22H27NO3/c1-6-12-25-19-9-7-8-18(14-19)23-22(24)17(5)26-21-13-16(4)10-11-20(21)15(2)3/h6-11,13-15,17H,1,12H2,2-5H3,(H,23,24)/t17-/m1/s1. The van der Waals surface area contributed by atoms with Crippen molar-refractivity contribution in [2.24, 2.45) is 0 Å². The maximum absolute atomic E-state index is 12.5. The van der Waals surface area contributed by atoms with E-state index in [1.54, 1.807) is 19.1 Å². The maximum Gasteiger partial charge on any atom is 0.265 e. The second kappa shape index (κ2) is 9.09. The van der Waals surface area contributed by atoms with Gasteiger partial charge in [-0.25, -0.2) is 0 Å². The lowest BCUT2D eigenvalue weighted by molar-refractivity contribution is -0.122. The Bertz CT molecular complexity index is 768. The van der Waals surface area contributed by atoms with Crippen molar-refractivity contribution in [2.45, 2.75) is 39.7 Å². The molecule has 0 bridgehead atoms. The molecule has 1 amide bonds. The highest BCUT2D eigenvalue weighted by Crippen LogP contribution is 2.28. The number of rotatable bonds is 8. The molecule has 2 rings (SSSR count). The van der Waals surface area contributed by atoms with Crippen molar-refractivity contribution in [3.05, 3.63) is 66.2 Å². The molecule has 0 aliphatic carbocycles. The Morgan fingerprint density at radius 2 is 1.96 bits per heavy atom. The summed E-state index contributed by atoms with van der Waals surface area (Å²) in [5.74, 6) is 1.55. The molecule has 1 atom stereocenters. The van der Waals surface area contributed by atoms with E-state index in [0.717, 1.165) is 16.9 Å². The molecule has 0 unspecified atom stereocenters. The van der Waals surface area contributed by atoms with Crippen LogP contribution in [0.1, 0.15) is 37.8 Å². The Kier molecular flexibility index (Phi) is 6.84. The first-order valence-electron chi connectivity index (χ1n) is 8.82. The zero-order valence-corrected chi connectivity index (χ0v) is 15.9. The molecule has 0 radical (unpaired) electrons. The average Bonchev–Trinajstić information content (AvgIpc) is 2.60. The summed E-state index contributed by atoms with van der Waals surface area (Å²) in [6.07, 6.45) is 1.06. The number of anilines is 1. The third kappa shape index (κ3) is 5.38. The van der Waals surface area contributed by atoms with Crippen molar-refractivity contribution in [1.29, 1.82) is 0 Å². The molecule has 0 heterocycles. The number of carbonyl (C=O) groups excluding carboxylic acids is 1. The minimum Gasteiger partial charge on any atom is -0.489 e. The number of ether oxygens (including phenoxy) is 2. The lowest BCUT2D eigenvalue weighted by Crippen LogP contribution is -2.30. The summed E-state index contributed by atoms with van der Waals surface area (Å²) in [6.45, 7) is 12.0. The Balaban J connectivity index is 2.06. The smallest absolute Gasteiger partial charge is 0.265 e. The number of benzene rings is 2. The van der Waals surface area contributed by atoms with E-state index < -0.39 is 6.10 Å². The van der Waals surface area contributed by atoms with Crippen molar-refractivity contribution >= 4 is 11.6 Å². The Hall–Kier alpha value is -2.75. The summed E-state index contributed by atoms with van der Waals surface area (Å²) < 4.78 is 11.4. The molecular formula is C22H27NO3. The van der Waals surface area contributed by atoms with Crippen LogP contribution in [-0.2, 0) is 4.79 Å². The van der Waals surface area contributed by atoms with E-state index in [1.165, 1.54) is 0 Å². The summed E-state index contributed by atoms with van der Waals surface area (Å²) in [7, 11) is 0. The zero-order valence-electron chi connectivity index (χ0n) is 15.9. The molecule has 0 aliphatic rings. The van der Waals surface area contributed by atoms with Gasteiger partial charge in [-0.3, -0.25) is 4.79 Å². The van der Waals surface area contributed by atoms with Crippen LogP contribution in [0, 0.1) is 6.92 Å². The van der Waals surface area contributed by atoms with Crippen molar-refractivity contribution < 1.29 is 14.3 Å². The van der Waals surface area contributed by atoms with Gasteiger partial charge in [-0.15, -0.1) is 0 Å². The van der Waals surface area contributed by atoms with Gasteiger partial charge < -0.3 is 14.8 Å². The Labute approximate surface area is 155 Å². The zero-order chi connectivity index (χ0) is 19.1. The molecule has 138 valence electrons. The number of amides is 1. The molecule has 0 saturated heterocycles. The van der Waals surface area contributed by atoms with Gasteiger partial charge in [-0.05, 0) is 49.1 Å². The molecule has 4 nitrogen and oxygen atoms in total. The number of nitrogens with one attached hydrogen (secondary N) is 1. The molecule has 26 heavy (non-hydrogen) atoms. The van der Waals surface area contributed by atoms with Gasteiger partial charge >= 0.3 is 0 Å². The van der Waals surface area contributed by atoms with Crippen LogP contribution in [-0.4, -0.2) is 18.6 Å². The molecule has 2 aromatic carbocycles. The molecule has 0 saturated carbocycles. The van der Waals surface area contributed by atoms with Gasteiger partial charge in [0.1, 0.15) is 18.1 Å². The van der Waals surface area contributed by atoms with E-state index >= 15 is 0 Å². The molecule has 4 heteroatoms. The highest BCUT2D eigenvalue weighted by Gasteiger charge is 2.18. The van der Waals surface area contributed by atoms with E-state index in [0.29, 0.717) is 24.0 Å². The second-order valence-corrected chi connectivity index (χ2v) is 6.57. The number of carbonyl (C=O) groups is 1. The highest BCUT2D eigenvalue weighted by molar-refractivity contribution is 5.94. The summed E-state index contributed by atoms with van der Waals surface area (Å²) in [5.41, 5.74) is 2.86. The fourth-order valence-corrected chi connectivity index (χ4v) is 2.53. The highest BCUT2D eigenvalue weighted by atomic mass is 16.5. The molecule has 2 aromatic rings. The quantitative estimate of drug-likeness (QED) is 0.673. The minimum atomic E-state index is -0.618. The van der Waals surface area contributed by atoms with E-state index in [2.05, 4.69) is 37.9 Å². The lowest BCUT2D eigenvalue weighted by Gasteiger charge is -2.19. The number of aryl methyl sites for hydroxylation is 1. The summed E-state index contributed by atoms with van der Waals surface area (Å²) in [4.78, 5) is 12.5. The van der Waals surface area contributed by atoms with E-state index in [4.69, 9.17) is 9.47 Å². The summed E-state index contributed by atoms with van der Waals surface area (Å²) >= 11 is 0. The molecule has 0 spiro atoms. The largest absolute Gasteiger partial charge is 0.489 e. The predicted octanol–water partition coefficient (Wildman–Crippen LogP) is 5.09. The normalized spacial score (nSPS) is 11.7. The first-order valence-corrected chi connectivity index (χ1v) is 8.82. The second-order valence-electron chi connectivity index (χ2n) is 6.57. The monoisotopic (exact) mass is 353 g/mol. The molecule has 0 fully saturated rings. The molecule has 0 aromatic heterocycles. The van der Waals surface area contributed by atoms with Crippen LogP contribution in [0.4, 0.5) is 5.69 Å². The number of hydrogen-bond donors (Lipinski definition) is 1. The van der Waals surface area contributed by atoms with Gasteiger partial charge in [0.25, 0.3) is 5.91 Å². The fraction of sp³-hybridized carbons (Fsp3) is 0.318. The molecule has 0 aliphatic heterocycles. The van der Waals surface area contributed by atoms with Gasteiger partial charge in [-0.2, -0.15) is 0 Å². The van der Waals surface area contributed by atoms with Crippen LogP contribution in [0.2, 0.25) is 0 Å². The first kappa shape index (κ1) is 19.6. The summed E-state index contributed by atoms with van der Waals surface area (Å²) in [6, 6.07) is 13.3.